The topological polar surface area (TPSA) is 85.8 Å². The maximum absolute atomic E-state index is 12.8. The summed E-state index contributed by atoms with van der Waals surface area (Å²) < 4.78 is 45.0. The van der Waals surface area contributed by atoms with Crippen LogP contribution in [0.25, 0.3) is 11.4 Å². The zero-order valence-electron chi connectivity index (χ0n) is 13.4. The number of alkyl halides is 3. The fraction of sp³-hybridized carbons (Fsp3) is 0.250. The van der Waals surface area contributed by atoms with Crippen molar-refractivity contribution in [3.63, 3.8) is 0 Å². The maximum Gasteiger partial charge on any atom is 0.416 e. The molecule has 0 spiro atoms. The number of rotatable bonds is 6. The molecule has 0 bridgehead atoms. The summed E-state index contributed by atoms with van der Waals surface area (Å²) in [5.41, 5.74) is -0.715. The van der Waals surface area contributed by atoms with E-state index in [9.17, 15) is 18.0 Å². The minimum Gasteiger partial charge on any atom is -0.348 e. The van der Waals surface area contributed by atoms with Crippen LogP contribution in [0.15, 0.2) is 47.5 Å². The predicted molar refractivity (Wildman–Crippen MR) is 83.9 cm³/mol. The Morgan fingerprint density at radius 1 is 1.31 bits per heavy atom. The highest BCUT2D eigenvalue weighted by Crippen LogP contribution is 2.31. The van der Waals surface area contributed by atoms with Gasteiger partial charge < -0.3 is 14.4 Å². The summed E-state index contributed by atoms with van der Waals surface area (Å²) in [7, 11) is 0. The second-order valence-electron chi connectivity index (χ2n) is 5.41. The molecular weight excluding hydrogens is 351 g/mol. The van der Waals surface area contributed by atoms with Gasteiger partial charge in [0.2, 0.25) is 5.82 Å². The number of nitrogens with one attached hydrogen (secondary N) is 1. The van der Waals surface area contributed by atoms with Crippen molar-refractivity contribution in [3.8, 4) is 11.4 Å². The largest absolute Gasteiger partial charge is 0.416 e. The SMILES string of the molecule is O=C(NCCCn1ccnc1)c1nc(-c2cccc(C(F)(F)F)c2)no1. The van der Waals surface area contributed by atoms with E-state index in [-0.39, 0.29) is 17.3 Å². The van der Waals surface area contributed by atoms with Gasteiger partial charge in [-0.2, -0.15) is 18.2 Å². The summed E-state index contributed by atoms with van der Waals surface area (Å²) in [4.78, 5) is 19.7. The smallest absolute Gasteiger partial charge is 0.348 e. The number of nitrogens with zero attached hydrogens (tertiary/aromatic N) is 4. The minimum atomic E-state index is -4.48. The van der Waals surface area contributed by atoms with Gasteiger partial charge in [-0.05, 0) is 18.6 Å². The molecule has 3 aromatic rings. The number of carbonyl (C=O) groups is 1. The summed E-state index contributed by atoms with van der Waals surface area (Å²) in [6.45, 7) is 1.05. The Labute approximate surface area is 145 Å². The summed E-state index contributed by atoms with van der Waals surface area (Å²) in [6.07, 6.45) is 1.32. The average molecular weight is 365 g/mol. The van der Waals surface area contributed by atoms with E-state index in [1.54, 1.807) is 18.7 Å². The van der Waals surface area contributed by atoms with Crippen molar-refractivity contribution >= 4 is 5.91 Å². The molecular formula is C16H14F3N5O2. The van der Waals surface area contributed by atoms with Crippen LogP contribution in [0.5, 0.6) is 0 Å². The predicted octanol–water partition coefficient (Wildman–Crippen LogP) is 2.77. The first-order chi connectivity index (χ1) is 12.4. The van der Waals surface area contributed by atoms with Crippen molar-refractivity contribution < 1.29 is 22.5 Å². The van der Waals surface area contributed by atoms with E-state index in [2.05, 4.69) is 20.4 Å². The number of aryl methyl sites for hydroxylation is 1. The van der Waals surface area contributed by atoms with Crippen molar-refractivity contribution in [1.82, 2.24) is 25.0 Å². The van der Waals surface area contributed by atoms with Crippen LogP contribution >= 0.6 is 0 Å². The van der Waals surface area contributed by atoms with Gasteiger partial charge in [-0.15, -0.1) is 0 Å². The number of carbonyl (C=O) groups excluding carboxylic acids is 1. The molecule has 1 aromatic carbocycles. The summed E-state index contributed by atoms with van der Waals surface area (Å²) in [5, 5.41) is 6.19. The molecule has 1 N–H and O–H groups in total. The lowest BCUT2D eigenvalue weighted by Crippen LogP contribution is -2.25. The lowest BCUT2D eigenvalue weighted by Gasteiger charge is -2.06. The second-order valence-corrected chi connectivity index (χ2v) is 5.41. The van der Waals surface area contributed by atoms with E-state index in [0.717, 1.165) is 12.1 Å². The molecule has 3 rings (SSSR count). The van der Waals surface area contributed by atoms with E-state index in [1.807, 2.05) is 4.57 Å². The van der Waals surface area contributed by atoms with Crippen molar-refractivity contribution in [1.29, 1.82) is 0 Å². The van der Waals surface area contributed by atoms with Crippen LogP contribution in [0.4, 0.5) is 13.2 Å². The van der Waals surface area contributed by atoms with Gasteiger partial charge in [0.25, 0.3) is 0 Å². The van der Waals surface area contributed by atoms with Crippen molar-refractivity contribution in [3.05, 3.63) is 54.4 Å². The Balaban J connectivity index is 1.59. The molecule has 0 atom stereocenters. The summed E-state index contributed by atoms with van der Waals surface area (Å²) in [5.74, 6) is -0.971. The van der Waals surface area contributed by atoms with Crippen molar-refractivity contribution in [2.45, 2.75) is 19.1 Å². The first-order valence-electron chi connectivity index (χ1n) is 7.69. The Bertz CT molecular complexity index is 874. The molecule has 0 saturated heterocycles. The third-order valence-electron chi connectivity index (χ3n) is 3.51. The van der Waals surface area contributed by atoms with Crippen molar-refractivity contribution in [2.24, 2.45) is 0 Å². The molecule has 0 aliphatic rings. The maximum atomic E-state index is 12.8. The first-order valence-corrected chi connectivity index (χ1v) is 7.69. The lowest BCUT2D eigenvalue weighted by atomic mass is 10.1. The molecule has 0 radical (unpaired) electrons. The molecule has 2 heterocycles. The molecule has 26 heavy (non-hydrogen) atoms. The highest BCUT2D eigenvalue weighted by Gasteiger charge is 2.30. The Kier molecular flexibility index (Phi) is 5.01. The Hall–Kier alpha value is -3.17. The average Bonchev–Trinajstić information content (AvgIpc) is 3.29. The minimum absolute atomic E-state index is 0.0836. The van der Waals surface area contributed by atoms with Gasteiger partial charge in [0, 0.05) is 31.0 Å². The zero-order valence-corrected chi connectivity index (χ0v) is 13.4. The fourth-order valence-electron chi connectivity index (χ4n) is 2.23. The van der Waals surface area contributed by atoms with Gasteiger partial charge in [-0.3, -0.25) is 4.79 Å². The number of halogens is 3. The third kappa shape index (κ3) is 4.26. The van der Waals surface area contributed by atoms with Gasteiger partial charge in [0.05, 0.1) is 11.9 Å². The molecule has 0 saturated carbocycles. The number of imidazole rings is 1. The van der Waals surface area contributed by atoms with E-state index in [4.69, 9.17) is 4.52 Å². The normalized spacial score (nSPS) is 11.5. The fourth-order valence-corrected chi connectivity index (χ4v) is 2.23. The van der Waals surface area contributed by atoms with E-state index in [1.165, 1.54) is 12.1 Å². The van der Waals surface area contributed by atoms with Crippen LogP contribution in [-0.4, -0.2) is 32.1 Å². The van der Waals surface area contributed by atoms with E-state index in [0.29, 0.717) is 19.5 Å². The third-order valence-corrected chi connectivity index (χ3v) is 3.51. The molecule has 0 unspecified atom stereocenters. The lowest BCUT2D eigenvalue weighted by molar-refractivity contribution is -0.137. The van der Waals surface area contributed by atoms with Gasteiger partial charge in [-0.25, -0.2) is 4.98 Å². The zero-order chi connectivity index (χ0) is 18.6. The van der Waals surface area contributed by atoms with E-state index < -0.39 is 17.6 Å². The number of aromatic nitrogens is 4. The first kappa shape index (κ1) is 17.6. The number of benzene rings is 1. The van der Waals surface area contributed by atoms with Gasteiger partial charge in [0.1, 0.15) is 0 Å². The monoisotopic (exact) mass is 365 g/mol. The highest BCUT2D eigenvalue weighted by atomic mass is 19.4. The molecule has 0 aliphatic carbocycles. The van der Waals surface area contributed by atoms with Crippen LogP contribution in [-0.2, 0) is 12.7 Å². The molecule has 0 aliphatic heterocycles. The number of hydrogen-bond donors (Lipinski definition) is 1. The molecule has 1 amide bonds. The van der Waals surface area contributed by atoms with Crippen LogP contribution in [0.2, 0.25) is 0 Å². The Morgan fingerprint density at radius 3 is 2.88 bits per heavy atom. The quantitative estimate of drug-likeness (QED) is 0.679. The van der Waals surface area contributed by atoms with Gasteiger partial charge >= 0.3 is 18.0 Å². The van der Waals surface area contributed by atoms with Crippen LogP contribution in [0, 0.1) is 0 Å². The van der Waals surface area contributed by atoms with Crippen LogP contribution in [0.1, 0.15) is 22.7 Å². The van der Waals surface area contributed by atoms with Gasteiger partial charge in [0.15, 0.2) is 0 Å². The van der Waals surface area contributed by atoms with Crippen molar-refractivity contribution in [2.75, 3.05) is 6.54 Å². The Morgan fingerprint density at radius 2 is 2.15 bits per heavy atom. The summed E-state index contributed by atoms with van der Waals surface area (Å²) >= 11 is 0. The molecule has 0 fully saturated rings. The standard InChI is InChI=1S/C16H14F3N5O2/c17-16(18,19)12-4-1-3-11(9-12)13-22-15(26-23-13)14(25)21-5-2-7-24-8-6-20-10-24/h1,3-4,6,8-10H,2,5,7H2,(H,21,25). The van der Waals surface area contributed by atoms with Crippen LogP contribution < -0.4 is 5.32 Å². The molecule has 10 heteroatoms. The summed E-state index contributed by atoms with van der Waals surface area (Å²) in [6, 6.07) is 4.49. The highest BCUT2D eigenvalue weighted by molar-refractivity contribution is 5.89. The second kappa shape index (κ2) is 7.38. The molecule has 2 aromatic heterocycles. The number of amides is 1. The number of hydrogen-bond acceptors (Lipinski definition) is 5. The molecule has 7 nitrogen and oxygen atoms in total. The molecule has 136 valence electrons. The van der Waals surface area contributed by atoms with Gasteiger partial charge in [-0.1, -0.05) is 17.3 Å². The van der Waals surface area contributed by atoms with Crippen LogP contribution in [0.3, 0.4) is 0 Å². The van der Waals surface area contributed by atoms with E-state index >= 15 is 0 Å².